The van der Waals surface area contributed by atoms with Crippen LogP contribution >= 0.6 is 0 Å². The van der Waals surface area contributed by atoms with Crippen LogP contribution < -0.4 is 9.47 Å². The van der Waals surface area contributed by atoms with Gasteiger partial charge in [-0.05, 0) is 43.4 Å². The summed E-state index contributed by atoms with van der Waals surface area (Å²) in [7, 11) is 3.32. The van der Waals surface area contributed by atoms with Gasteiger partial charge in [-0.15, -0.1) is 0 Å². The van der Waals surface area contributed by atoms with Crippen molar-refractivity contribution in [1.82, 2.24) is 4.98 Å². The van der Waals surface area contributed by atoms with Crippen molar-refractivity contribution in [2.45, 2.75) is 25.7 Å². The number of rotatable bonds is 2. The molecular formula is C15H17NO2. The van der Waals surface area contributed by atoms with Gasteiger partial charge in [0, 0.05) is 17.1 Å². The molecule has 1 aromatic heterocycles. The van der Waals surface area contributed by atoms with Crippen molar-refractivity contribution in [3.8, 4) is 11.5 Å². The van der Waals surface area contributed by atoms with Crippen molar-refractivity contribution >= 4 is 10.9 Å². The lowest BCUT2D eigenvalue weighted by Crippen LogP contribution is -2.05. The van der Waals surface area contributed by atoms with Crippen LogP contribution in [0.15, 0.2) is 18.2 Å². The van der Waals surface area contributed by atoms with E-state index >= 15 is 0 Å². The number of methoxy groups -OCH3 is 2. The van der Waals surface area contributed by atoms with Crippen LogP contribution in [0.4, 0.5) is 0 Å². The van der Waals surface area contributed by atoms with Crippen molar-refractivity contribution < 1.29 is 9.47 Å². The Bertz CT molecular complexity index is 509. The highest BCUT2D eigenvalue weighted by Gasteiger charge is 2.13. The fourth-order valence-corrected chi connectivity index (χ4v) is 2.63. The minimum absolute atomic E-state index is 0.744. The summed E-state index contributed by atoms with van der Waals surface area (Å²) in [5.41, 5.74) is 3.63. The first kappa shape index (κ1) is 11.3. The maximum absolute atomic E-state index is 5.34. The van der Waals surface area contributed by atoms with Gasteiger partial charge < -0.3 is 9.47 Å². The molecule has 3 rings (SSSR count). The number of fused-ring (bicyclic) bond motifs is 2. The maximum atomic E-state index is 5.34. The van der Waals surface area contributed by atoms with Crippen molar-refractivity contribution in [2.24, 2.45) is 0 Å². The second kappa shape index (κ2) is 4.48. The first-order valence-electron chi connectivity index (χ1n) is 6.36. The van der Waals surface area contributed by atoms with Crippen LogP contribution in [0.2, 0.25) is 0 Å². The van der Waals surface area contributed by atoms with Crippen LogP contribution in [-0.4, -0.2) is 19.2 Å². The molecule has 18 heavy (non-hydrogen) atoms. The van der Waals surface area contributed by atoms with E-state index in [9.17, 15) is 0 Å². The third-order valence-corrected chi connectivity index (χ3v) is 3.60. The number of aryl methyl sites for hydroxylation is 2. The Kier molecular flexibility index (Phi) is 2.82. The molecule has 1 aliphatic carbocycles. The van der Waals surface area contributed by atoms with Crippen LogP contribution in [0.25, 0.3) is 10.9 Å². The molecule has 0 bridgehead atoms. The fourth-order valence-electron chi connectivity index (χ4n) is 2.63. The number of hydrogen-bond donors (Lipinski definition) is 0. The van der Waals surface area contributed by atoms with E-state index in [1.807, 2.05) is 12.1 Å². The lowest BCUT2D eigenvalue weighted by atomic mass is 9.95. The molecule has 0 saturated heterocycles. The Morgan fingerprint density at radius 3 is 2.44 bits per heavy atom. The van der Waals surface area contributed by atoms with Crippen molar-refractivity contribution in [2.75, 3.05) is 14.2 Å². The molecule has 0 saturated carbocycles. The molecule has 3 heteroatoms. The van der Waals surface area contributed by atoms with E-state index in [0.717, 1.165) is 35.2 Å². The summed E-state index contributed by atoms with van der Waals surface area (Å²) in [6.45, 7) is 0. The minimum Gasteiger partial charge on any atom is -0.493 e. The highest BCUT2D eigenvalue weighted by Crippen LogP contribution is 2.33. The normalized spacial score (nSPS) is 14.3. The number of pyridine rings is 1. The molecule has 94 valence electrons. The lowest BCUT2D eigenvalue weighted by Gasteiger charge is -2.16. The van der Waals surface area contributed by atoms with Crippen LogP contribution in [0.3, 0.4) is 0 Å². The van der Waals surface area contributed by atoms with Crippen LogP contribution in [0.5, 0.6) is 11.5 Å². The van der Waals surface area contributed by atoms with Gasteiger partial charge in [0.2, 0.25) is 0 Å². The van der Waals surface area contributed by atoms with Crippen LogP contribution in [0, 0.1) is 0 Å². The van der Waals surface area contributed by atoms with Gasteiger partial charge >= 0.3 is 0 Å². The van der Waals surface area contributed by atoms with Crippen molar-refractivity contribution in [3.63, 3.8) is 0 Å². The van der Waals surface area contributed by atoms with Gasteiger partial charge in [-0.2, -0.15) is 0 Å². The predicted molar refractivity (Wildman–Crippen MR) is 71.5 cm³/mol. The summed E-state index contributed by atoms with van der Waals surface area (Å²) < 4.78 is 10.7. The van der Waals surface area contributed by atoms with Crippen LogP contribution in [-0.2, 0) is 12.8 Å². The number of nitrogens with zero attached hydrogens (tertiary/aromatic N) is 1. The topological polar surface area (TPSA) is 31.4 Å². The molecule has 0 N–H and O–H groups in total. The maximum Gasteiger partial charge on any atom is 0.162 e. The number of benzene rings is 1. The standard InChI is InChI=1S/C15H17NO2/c1-17-14-8-11-7-10-5-3-4-6-12(10)16-13(11)9-15(14)18-2/h7-9H,3-6H2,1-2H3. The van der Waals surface area contributed by atoms with E-state index in [2.05, 4.69) is 6.07 Å². The fraction of sp³-hybridized carbons (Fsp3) is 0.400. The second-order valence-electron chi connectivity index (χ2n) is 4.70. The van der Waals surface area contributed by atoms with Gasteiger partial charge in [-0.3, -0.25) is 4.98 Å². The largest absolute Gasteiger partial charge is 0.493 e. The highest BCUT2D eigenvalue weighted by atomic mass is 16.5. The Hall–Kier alpha value is -1.77. The highest BCUT2D eigenvalue weighted by molar-refractivity contribution is 5.83. The SMILES string of the molecule is COc1cc2cc3c(nc2cc1OC)CCCC3. The van der Waals surface area contributed by atoms with Crippen molar-refractivity contribution in [1.29, 1.82) is 0 Å². The van der Waals surface area contributed by atoms with E-state index < -0.39 is 0 Å². The molecule has 1 aliphatic rings. The number of aromatic nitrogens is 1. The van der Waals surface area contributed by atoms with E-state index in [0.29, 0.717) is 0 Å². The second-order valence-corrected chi connectivity index (χ2v) is 4.70. The smallest absolute Gasteiger partial charge is 0.162 e. The summed E-state index contributed by atoms with van der Waals surface area (Å²) in [5.74, 6) is 1.51. The summed E-state index contributed by atoms with van der Waals surface area (Å²) >= 11 is 0. The van der Waals surface area contributed by atoms with Crippen molar-refractivity contribution in [3.05, 3.63) is 29.5 Å². The minimum atomic E-state index is 0.744. The summed E-state index contributed by atoms with van der Waals surface area (Å²) in [6, 6.07) is 6.22. The molecule has 0 radical (unpaired) electrons. The molecule has 2 aromatic rings. The molecule has 0 spiro atoms. The molecular weight excluding hydrogens is 226 g/mol. The molecule has 0 unspecified atom stereocenters. The first-order valence-corrected chi connectivity index (χ1v) is 6.36. The summed E-state index contributed by atoms with van der Waals surface area (Å²) in [5, 5.41) is 1.13. The number of ether oxygens (including phenoxy) is 2. The molecule has 1 aromatic carbocycles. The van der Waals surface area contributed by atoms with Crippen LogP contribution in [0.1, 0.15) is 24.1 Å². The van der Waals surface area contributed by atoms with E-state index in [-0.39, 0.29) is 0 Å². The molecule has 0 aliphatic heterocycles. The van der Waals surface area contributed by atoms with Gasteiger partial charge in [0.1, 0.15) is 0 Å². The zero-order valence-electron chi connectivity index (χ0n) is 10.8. The third kappa shape index (κ3) is 1.80. The van der Waals surface area contributed by atoms with Gasteiger partial charge in [0.05, 0.1) is 19.7 Å². The average molecular weight is 243 g/mol. The quantitative estimate of drug-likeness (QED) is 0.812. The molecule has 0 amide bonds. The third-order valence-electron chi connectivity index (χ3n) is 3.60. The van der Waals surface area contributed by atoms with Gasteiger partial charge in [0.15, 0.2) is 11.5 Å². The van der Waals surface area contributed by atoms with E-state index in [4.69, 9.17) is 14.5 Å². The lowest BCUT2D eigenvalue weighted by molar-refractivity contribution is 0.356. The molecule has 0 atom stereocenters. The predicted octanol–water partition coefficient (Wildman–Crippen LogP) is 3.13. The van der Waals surface area contributed by atoms with Gasteiger partial charge in [-0.1, -0.05) is 0 Å². The Balaban J connectivity index is 2.21. The monoisotopic (exact) mass is 243 g/mol. The summed E-state index contributed by atoms with van der Waals surface area (Å²) in [6.07, 6.45) is 4.76. The summed E-state index contributed by atoms with van der Waals surface area (Å²) in [4.78, 5) is 4.76. The average Bonchev–Trinajstić information content (AvgIpc) is 2.43. The number of hydrogen-bond acceptors (Lipinski definition) is 3. The molecule has 1 heterocycles. The first-order chi connectivity index (χ1) is 8.81. The van der Waals surface area contributed by atoms with Gasteiger partial charge in [-0.25, -0.2) is 0 Å². The molecule has 3 nitrogen and oxygen atoms in total. The van der Waals surface area contributed by atoms with E-state index in [1.165, 1.54) is 24.1 Å². The van der Waals surface area contributed by atoms with Gasteiger partial charge in [0.25, 0.3) is 0 Å². The molecule has 0 fully saturated rings. The Morgan fingerprint density at radius 1 is 0.944 bits per heavy atom. The Labute approximate surface area is 107 Å². The van der Waals surface area contributed by atoms with E-state index in [1.54, 1.807) is 14.2 Å². The zero-order valence-corrected chi connectivity index (χ0v) is 10.8. The Morgan fingerprint density at radius 2 is 1.67 bits per heavy atom. The zero-order chi connectivity index (χ0) is 12.5.